The van der Waals surface area contributed by atoms with E-state index in [1.807, 2.05) is 47.4 Å². The zero-order valence-electron chi connectivity index (χ0n) is 17.4. The minimum atomic E-state index is -0.0781. The molecule has 0 bridgehead atoms. The maximum absolute atomic E-state index is 12.8. The van der Waals surface area contributed by atoms with Gasteiger partial charge < -0.3 is 19.9 Å². The molecule has 0 amide bonds. The molecule has 4 rings (SSSR count). The largest absolute Gasteiger partial charge is 0.376 e. The number of aromatic nitrogens is 1. The maximum atomic E-state index is 12.8. The monoisotopic (exact) mass is 421 g/mol. The van der Waals surface area contributed by atoms with E-state index >= 15 is 0 Å². The number of nitrogens with one attached hydrogen (secondary N) is 2. The number of rotatable bonds is 5. The molecule has 1 aromatic heterocycles. The molecule has 1 aliphatic heterocycles. The van der Waals surface area contributed by atoms with Gasteiger partial charge in [-0.2, -0.15) is 0 Å². The zero-order chi connectivity index (χ0) is 21.1. The third-order valence-electron chi connectivity index (χ3n) is 5.66. The smallest absolute Gasteiger partial charge is 0.253 e. The second-order valence-corrected chi connectivity index (χ2v) is 8.35. The first-order chi connectivity index (χ1) is 14.5. The summed E-state index contributed by atoms with van der Waals surface area (Å²) >= 11 is 5.72. The minimum absolute atomic E-state index is 0.0781. The van der Waals surface area contributed by atoms with Gasteiger partial charge in [-0.1, -0.05) is 18.2 Å². The highest BCUT2D eigenvalue weighted by atomic mass is 32.1. The van der Waals surface area contributed by atoms with Gasteiger partial charge in [0.1, 0.15) is 0 Å². The molecular formula is C24H27N3O2S. The van der Waals surface area contributed by atoms with Gasteiger partial charge in [0.2, 0.25) is 0 Å². The summed E-state index contributed by atoms with van der Waals surface area (Å²) in [4.78, 5) is 17.9. The molecule has 5 nitrogen and oxygen atoms in total. The summed E-state index contributed by atoms with van der Waals surface area (Å²) in [7, 11) is 0. The normalized spacial score (nSPS) is 16.0. The van der Waals surface area contributed by atoms with Crippen molar-refractivity contribution < 1.29 is 4.74 Å². The number of anilines is 1. The average molecular weight is 422 g/mol. The van der Waals surface area contributed by atoms with Crippen LogP contribution in [0.1, 0.15) is 29.5 Å². The molecule has 0 saturated carbocycles. The van der Waals surface area contributed by atoms with Crippen LogP contribution in [0, 0.1) is 13.8 Å². The van der Waals surface area contributed by atoms with Crippen LogP contribution in [0.15, 0.2) is 53.3 Å². The highest BCUT2D eigenvalue weighted by Crippen LogP contribution is 2.20. The van der Waals surface area contributed by atoms with E-state index in [-0.39, 0.29) is 11.7 Å². The number of hydrogen-bond donors (Lipinski definition) is 2. The third kappa shape index (κ3) is 4.71. The Labute approximate surface area is 182 Å². The van der Waals surface area contributed by atoms with E-state index in [1.54, 1.807) is 0 Å². The third-order valence-corrected chi connectivity index (χ3v) is 6.02. The van der Waals surface area contributed by atoms with Gasteiger partial charge in [0.25, 0.3) is 5.56 Å². The lowest BCUT2D eigenvalue weighted by atomic mass is 10.0. The quantitative estimate of drug-likeness (QED) is 0.593. The Hall–Kier alpha value is -2.70. The summed E-state index contributed by atoms with van der Waals surface area (Å²) in [5, 5.41) is 4.93. The van der Waals surface area contributed by atoms with Crippen molar-refractivity contribution in [1.82, 2.24) is 9.88 Å². The number of benzene rings is 2. The van der Waals surface area contributed by atoms with Crippen LogP contribution in [0.5, 0.6) is 0 Å². The minimum Gasteiger partial charge on any atom is -0.376 e. The van der Waals surface area contributed by atoms with Gasteiger partial charge in [0.05, 0.1) is 12.6 Å². The summed E-state index contributed by atoms with van der Waals surface area (Å²) in [5.41, 5.74) is 4.78. The molecule has 0 unspecified atom stereocenters. The van der Waals surface area contributed by atoms with Crippen LogP contribution in [0.4, 0.5) is 5.69 Å². The number of para-hydroxylation sites is 1. The van der Waals surface area contributed by atoms with E-state index in [2.05, 4.69) is 30.2 Å². The fourth-order valence-electron chi connectivity index (χ4n) is 3.82. The molecule has 1 saturated heterocycles. The molecule has 2 aromatic carbocycles. The predicted octanol–water partition coefficient (Wildman–Crippen LogP) is 4.52. The highest BCUT2D eigenvalue weighted by molar-refractivity contribution is 7.80. The summed E-state index contributed by atoms with van der Waals surface area (Å²) < 4.78 is 5.84. The highest BCUT2D eigenvalue weighted by Gasteiger charge is 2.22. The van der Waals surface area contributed by atoms with Crippen LogP contribution < -0.4 is 10.9 Å². The molecule has 156 valence electrons. The number of H-pyrrole nitrogens is 1. The van der Waals surface area contributed by atoms with Crippen molar-refractivity contribution in [3.05, 3.63) is 75.6 Å². The fraction of sp³-hybridized carbons (Fsp3) is 0.333. The maximum Gasteiger partial charge on any atom is 0.253 e. The Morgan fingerprint density at radius 3 is 2.70 bits per heavy atom. The fourth-order valence-corrected chi connectivity index (χ4v) is 4.08. The zero-order valence-corrected chi connectivity index (χ0v) is 18.2. The molecule has 0 radical (unpaired) electrons. The number of fused-ring (bicyclic) bond motifs is 1. The first-order valence-corrected chi connectivity index (χ1v) is 10.8. The first kappa shape index (κ1) is 20.6. The number of hydrogen-bond acceptors (Lipinski definition) is 3. The number of ether oxygens (including phenoxy) is 1. The number of aryl methyl sites for hydroxylation is 2. The topological polar surface area (TPSA) is 57.4 Å². The lowest BCUT2D eigenvalue weighted by molar-refractivity contribution is 0.0904. The SMILES string of the molecule is Cc1cc2cc(CN(C[C@@H]3CCCO3)C(=S)Nc3ccccc3)c(=O)[nH]c2cc1C. The second kappa shape index (κ2) is 8.98. The van der Waals surface area contributed by atoms with E-state index in [9.17, 15) is 4.79 Å². The summed E-state index contributed by atoms with van der Waals surface area (Å²) in [6.07, 6.45) is 2.20. The molecule has 1 atom stereocenters. The number of aromatic amines is 1. The van der Waals surface area contributed by atoms with E-state index in [1.165, 1.54) is 11.1 Å². The molecule has 0 aliphatic carbocycles. The first-order valence-electron chi connectivity index (χ1n) is 10.4. The van der Waals surface area contributed by atoms with Gasteiger partial charge in [0.15, 0.2) is 5.11 Å². The molecule has 1 aliphatic rings. The van der Waals surface area contributed by atoms with Crippen LogP contribution >= 0.6 is 12.2 Å². The molecule has 6 heteroatoms. The predicted molar refractivity (Wildman–Crippen MR) is 126 cm³/mol. The summed E-state index contributed by atoms with van der Waals surface area (Å²) in [6.45, 7) is 6.01. The van der Waals surface area contributed by atoms with Crippen LogP contribution in [-0.4, -0.2) is 34.3 Å². The Bertz CT molecular complexity index is 1100. The van der Waals surface area contributed by atoms with Crippen LogP contribution in [0.2, 0.25) is 0 Å². The van der Waals surface area contributed by atoms with Crippen molar-refractivity contribution in [3.8, 4) is 0 Å². The Morgan fingerprint density at radius 1 is 1.20 bits per heavy atom. The standard InChI is InChI=1S/C24H27N3O2S/c1-16-11-18-13-19(23(28)26-22(18)12-17(16)2)14-27(15-21-9-6-10-29-21)24(30)25-20-7-4-3-5-8-20/h3-5,7-8,11-13,21H,6,9-10,14-15H2,1-2H3,(H,25,30)(H,26,28)/t21-/m0/s1. The Kier molecular flexibility index (Phi) is 6.16. The molecule has 2 heterocycles. The van der Waals surface area contributed by atoms with Crippen LogP contribution in [-0.2, 0) is 11.3 Å². The molecule has 2 N–H and O–H groups in total. The molecule has 0 spiro atoms. The van der Waals surface area contributed by atoms with Crippen LogP contribution in [0.25, 0.3) is 10.9 Å². The lowest BCUT2D eigenvalue weighted by Crippen LogP contribution is -2.40. The van der Waals surface area contributed by atoms with Gasteiger partial charge in [-0.25, -0.2) is 0 Å². The van der Waals surface area contributed by atoms with Gasteiger partial charge in [-0.3, -0.25) is 4.79 Å². The molecular weight excluding hydrogens is 394 g/mol. The van der Waals surface area contributed by atoms with Gasteiger partial charge >= 0.3 is 0 Å². The molecule has 3 aromatic rings. The van der Waals surface area contributed by atoms with Gasteiger partial charge in [-0.15, -0.1) is 0 Å². The van der Waals surface area contributed by atoms with Crippen LogP contribution in [0.3, 0.4) is 0 Å². The van der Waals surface area contributed by atoms with E-state index in [4.69, 9.17) is 17.0 Å². The Balaban J connectivity index is 1.61. The molecule has 1 fully saturated rings. The van der Waals surface area contributed by atoms with Crippen molar-refractivity contribution in [2.75, 3.05) is 18.5 Å². The molecule has 30 heavy (non-hydrogen) atoms. The van der Waals surface area contributed by atoms with E-state index in [0.717, 1.165) is 36.0 Å². The van der Waals surface area contributed by atoms with Crippen molar-refractivity contribution in [2.24, 2.45) is 0 Å². The Morgan fingerprint density at radius 2 is 1.97 bits per heavy atom. The lowest BCUT2D eigenvalue weighted by Gasteiger charge is -2.28. The van der Waals surface area contributed by atoms with Crippen molar-refractivity contribution >= 4 is 33.9 Å². The average Bonchev–Trinajstić information content (AvgIpc) is 3.23. The number of nitrogens with zero attached hydrogens (tertiary/aromatic N) is 1. The van der Waals surface area contributed by atoms with E-state index in [0.29, 0.717) is 23.8 Å². The van der Waals surface area contributed by atoms with Gasteiger partial charge in [0, 0.05) is 29.9 Å². The van der Waals surface area contributed by atoms with Crippen molar-refractivity contribution in [3.63, 3.8) is 0 Å². The summed E-state index contributed by atoms with van der Waals surface area (Å²) in [6, 6.07) is 16.0. The van der Waals surface area contributed by atoms with Crippen molar-refractivity contribution in [1.29, 1.82) is 0 Å². The number of thiocarbonyl (C=S) groups is 1. The van der Waals surface area contributed by atoms with E-state index < -0.39 is 0 Å². The number of pyridine rings is 1. The summed E-state index contributed by atoms with van der Waals surface area (Å²) in [5.74, 6) is 0. The van der Waals surface area contributed by atoms with Crippen molar-refractivity contribution in [2.45, 2.75) is 39.3 Å². The van der Waals surface area contributed by atoms with Gasteiger partial charge in [-0.05, 0) is 85.8 Å². The second-order valence-electron chi connectivity index (χ2n) is 7.96.